The first kappa shape index (κ1) is 14.5. The van der Waals surface area contributed by atoms with E-state index in [1.54, 1.807) is 12.1 Å². The lowest BCUT2D eigenvalue weighted by atomic mass is 10.2. The van der Waals surface area contributed by atoms with Crippen molar-refractivity contribution >= 4 is 11.6 Å². The van der Waals surface area contributed by atoms with Crippen molar-refractivity contribution in [3.8, 4) is 11.4 Å². The van der Waals surface area contributed by atoms with Gasteiger partial charge in [0, 0.05) is 23.7 Å². The largest absolute Gasteiger partial charge is 0.338 e. The fourth-order valence-corrected chi connectivity index (χ4v) is 1.92. The molecule has 104 valence electrons. The minimum atomic E-state index is 0.564. The van der Waals surface area contributed by atoms with Crippen LogP contribution in [-0.2, 0) is 6.54 Å². The average molecular weight is 290 g/mol. The highest BCUT2D eigenvalue weighted by molar-refractivity contribution is 6.30. The lowest BCUT2D eigenvalue weighted by Gasteiger charge is -2.15. The minimum absolute atomic E-state index is 0.564. The average Bonchev–Trinajstić information content (AvgIpc) is 2.89. The van der Waals surface area contributed by atoms with E-state index in [2.05, 4.69) is 28.2 Å². The normalized spacial score (nSPS) is 10.7. The quantitative estimate of drug-likeness (QED) is 0.731. The van der Waals surface area contributed by atoms with Crippen LogP contribution in [0.3, 0.4) is 0 Å². The van der Waals surface area contributed by atoms with Crippen LogP contribution in [0.15, 0.2) is 54.1 Å². The molecule has 2 rings (SSSR count). The molecule has 20 heavy (non-hydrogen) atoms. The molecule has 0 saturated carbocycles. The van der Waals surface area contributed by atoms with Crippen LogP contribution in [0.4, 0.5) is 0 Å². The monoisotopic (exact) mass is 289 g/mol. The Bertz CT molecular complexity index is 567. The molecule has 0 N–H and O–H groups in total. The molecule has 0 fully saturated rings. The van der Waals surface area contributed by atoms with Gasteiger partial charge in [-0.15, -0.1) is 13.2 Å². The molecule has 1 aromatic heterocycles. The first-order chi connectivity index (χ1) is 9.72. The molecular formula is C15H16ClN3O. The molecule has 2 aromatic rings. The predicted octanol–water partition coefficient (Wildman–Crippen LogP) is 3.56. The van der Waals surface area contributed by atoms with Gasteiger partial charge in [-0.05, 0) is 24.3 Å². The van der Waals surface area contributed by atoms with E-state index in [9.17, 15) is 0 Å². The number of rotatable bonds is 7. The molecule has 0 aliphatic carbocycles. The summed E-state index contributed by atoms with van der Waals surface area (Å²) >= 11 is 5.85. The van der Waals surface area contributed by atoms with Crippen molar-refractivity contribution in [3.05, 3.63) is 60.5 Å². The van der Waals surface area contributed by atoms with Crippen LogP contribution in [0.5, 0.6) is 0 Å². The first-order valence-electron chi connectivity index (χ1n) is 6.25. The SMILES string of the molecule is C=CCN(CC=C)Cc1nc(-c2ccc(Cl)cc2)no1. The molecule has 0 saturated heterocycles. The van der Waals surface area contributed by atoms with Gasteiger partial charge < -0.3 is 4.52 Å². The number of benzene rings is 1. The van der Waals surface area contributed by atoms with Gasteiger partial charge in [-0.25, -0.2) is 0 Å². The van der Waals surface area contributed by atoms with Gasteiger partial charge in [-0.2, -0.15) is 4.98 Å². The highest BCUT2D eigenvalue weighted by Gasteiger charge is 2.11. The summed E-state index contributed by atoms with van der Waals surface area (Å²) in [5, 5.41) is 4.66. The third kappa shape index (κ3) is 3.79. The predicted molar refractivity (Wildman–Crippen MR) is 80.4 cm³/mol. The van der Waals surface area contributed by atoms with Crippen molar-refractivity contribution < 1.29 is 4.52 Å². The lowest BCUT2D eigenvalue weighted by molar-refractivity contribution is 0.266. The van der Waals surface area contributed by atoms with Crippen LogP contribution in [0.2, 0.25) is 5.02 Å². The van der Waals surface area contributed by atoms with E-state index < -0.39 is 0 Å². The van der Waals surface area contributed by atoms with Crippen molar-refractivity contribution in [2.75, 3.05) is 13.1 Å². The molecule has 0 aliphatic heterocycles. The third-order valence-electron chi connectivity index (χ3n) is 2.70. The van der Waals surface area contributed by atoms with E-state index >= 15 is 0 Å². The third-order valence-corrected chi connectivity index (χ3v) is 2.96. The molecule has 4 nitrogen and oxygen atoms in total. The Labute approximate surface area is 123 Å². The maximum atomic E-state index is 5.85. The smallest absolute Gasteiger partial charge is 0.241 e. The molecule has 0 aliphatic rings. The maximum Gasteiger partial charge on any atom is 0.241 e. The van der Waals surface area contributed by atoms with Crippen LogP contribution >= 0.6 is 11.6 Å². The van der Waals surface area contributed by atoms with Crippen molar-refractivity contribution in [2.24, 2.45) is 0 Å². The van der Waals surface area contributed by atoms with E-state index in [4.69, 9.17) is 16.1 Å². The first-order valence-corrected chi connectivity index (χ1v) is 6.63. The van der Waals surface area contributed by atoms with E-state index in [0.717, 1.165) is 18.7 Å². The van der Waals surface area contributed by atoms with Gasteiger partial charge in [0.15, 0.2) is 0 Å². The number of hydrogen-bond donors (Lipinski definition) is 0. The van der Waals surface area contributed by atoms with Crippen LogP contribution in [0.25, 0.3) is 11.4 Å². The number of hydrogen-bond acceptors (Lipinski definition) is 4. The second-order valence-corrected chi connectivity index (χ2v) is 4.73. The lowest BCUT2D eigenvalue weighted by Crippen LogP contribution is -2.23. The molecule has 5 heteroatoms. The summed E-state index contributed by atoms with van der Waals surface area (Å²) in [4.78, 5) is 6.48. The molecule has 0 spiro atoms. The van der Waals surface area contributed by atoms with E-state index in [-0.39, 0.29) is 0 Å². The summed E-state index contributed by atoms with van der Waals surface area (Å²) < 4.78 is 5.27. The molecule has 0 amide bonds. The van der Waals surface area contributed by atoms with Gasteiger partial charge in [0.05, 0.1) is 6.54 Å². The van der Waals surface area contributed by atoms with Crippen molar-refractivity contribution in [1.29, 1.82) is 0 Å². The van der Waals surface area contributed by atoms with E-state index in [1.165, 1.54) is 0 Å². The molecule has 1 heterocycles. The molecule has 0 bridgehead atoms. The number of aromatic nitrogens is 2. The Hall–Kier alpha value is -1.91. The Morgan fingerprint density at radius 2 is 1.80 bits per heavy atom. The van der Waals surface area contributed by atoms with Gasteiger partial charge in [0.2, 0.25) is 11.7 Å². The van der Waals surface area contributed by atoms with E-state index in [0.29, 0.717) is 23.3 Å². The Morgan fingerprint density at radius 1 is 1.15 bits per heavy atom. The van der Waals surface area contributed by atoms with Crippen LogP contribution in [0, 0.1) is 0 Å². The fourth-order valence-electron chi connectivity index (χ4n) is 1.80. The maximum absolute atomic E-state index is 5.85. The summed E-state index contributed by atoms with van der Waals surface area (Å²) in [6, 6.07) is 7.33. The summed E-state index contributed by atoms with van der Waals surface area (Å²) in [7, 11) is 0. The molecule has 0 atom stereocenters. The van der Waals surface area contributed by atoms with Crippen molar-refractivity contribution in [3.63, 3.8) is 0 Å². The van der Waals surface area contributed by atoms with Crippen LogP contribution in [-0.4, -0.2) is 28.1 Å². The Kier molecular flexibility index (Phi) is 5.09. The molecule has 1 aromatic carbocycles. The van der Waals surface area contributed by atoms with Crippen LogP contribution in [0.1, 0.15) is 5.89 Å². The Balaban J connectivity index is 2.09. The summed E-state index contributed by atoms with van der Waals surface area (Å²) in [6.07, 6.45) is 3.67. The zero-order chi connectivity index (χ0) is 14.4. The highest BCUT2D eigenvalue weighted by atomic mass is 35.5. The van der Waals surface area contributed by atoms with Crippen molar-refractivity contribution in [1.82, 2.24) is 15.0 Å². The Morgan fingerprint density at radius 3 is 2.40 bits per heavy atom. The van der Waals surface area contributed by atoms with Gasteiger partial charge >= 0.3 is 0 Å². The summed E-state index contributed by atoms with van der Waals surface area (Å²) in [5.74, 6) is 1.13. The summed E-state index contributed by atoms with van der Waals surface area (Å²) in [6.45, 7) is 9.51. The number of nitrogens with zero attached hydrogens (tertiary/aromatic N) is 3. The van der Waals surface area contributed by atoms with Gasteiger partial charge in [0.1, 0.15) is 0 Å². The highest BCUT2D eigenvalue weighted by Crippen LogP contribution is 2.19. The topological polar surface area (TPSA) is 42.2 Å². The van der Waals surface area contributed by atoms with Crippen LogP contribution < -0.4 is 0 Å². The van der Waals surface area contributed by atoms with Gasteiger partial charge in [-0.3, -0.25) is 4.90 Å². The van der Waals surface area contributed by atoms with E-state index in [1.807, 2.05) is 24.3 Å². The molecule has 0 unspecified atom stereocenters. The second kappa shape index (κ2) is 7.03. The minimum Gasteiger partial charge on any atom is -0.338 e. The zero-order valence-electron chi connectivity index (χ0n) is 11.1. The fraction of sp³-hybridized carbons (Fsp3) is 0.200. The molecule has 0 radical (unpaired) electrons. The van der Waals surface area contributed by atoms with Crippen molar-refractivity contribution in [2.45, 2.75) is 6.54 Å². The zero-order valence-corrected chi connectivity index (χ0v) is 11.9. The second-order valence-electron chi connectivity index (χ2n) is 4.29. The van der Waals surface area contributed by atoms with Gasteiger partial charge in [-0.1, -0.05) is 28.9 Å². The van der Waals surface area contributed by atoms with Gasteiger partial charge in [0.25, 0.3) is 0 Å². The molecular weight excluding hydrogens is 274 g/mol. The summed E-state index contributed by atoms with van der Waals surface area (Å²) in [5.41, 5.74) is 0.878. The number of halogens is 1. The standard InChI is InChI=1S/C15H16ClN3O/c1-3-9-19(10-4-2)11-14-17-15(18-20-14)12-5-7-13(16)8-6-12/h3-8H,1-2,9-11H2.